The number of aromatic nitrogens is 2. The number of carbonyl (C=O) groups excluding carboxylic acids is 2. The van der Waals surface area contributed by atoms with Gasteiger partial charge >= 0.3 is 0 Å². The number of carbonyl (C=O) groups is 2. The highest BCUT2D eigenvalue weighted by atomic mass is 35.5. The number of hydrogen-bond donors (Lipinski definition) is 2. The minimum atomic E-state index is -0.662. The van der Waals surface area contributed by atoms with E-state index in [0.29, 0.717) is 17.1 Å². The molecule has 0 bridgehead atoms. The number of ether oxygens (including phenoxy) is 1. The maximum absolute atomic E-state index is 12.1. The van der Waals surface area contributed by atoms with Crippen LogP contribution in [0.4, 0.5) is 11.4 Å². The van der Waals surface area contributed by atoms with Crippen molar-refractivity contribution in [3.05, 3.63) is 44.8 Å². The number of amides is 2. The fraction of sp³-hybridized carbons (Fsp3) is 0.143. The molecule has 1 aromatic heterocycles. The van der Waals surface area contributed by atoms with Crippen LogP contribution in [0, 0.1) is 0 Å². The van der Waals surface area contributed by atoms with Crippen molar-refractivity contribution >= 4 is 46.4 Å². The molecule has 10 heteroatoms. The minimum Gasteiger partial charge on any atom is -0.482 e. The minimum absolute atomic E-state index is 0.0174. The Balaban J connectivity index is 1.74. The molecule has 0 radical (unpaired) electrons. The van der Waals surface area contributed by atoms with Gasteiger partial charge in [0, 0.05) is 5.69 Å². The Bertz CT molecular complexity index is 897. The molecule has 3 rings (SSSR count). The predicted octanol–water partition coefficient (Wildman–Crippen LogP) is 1.52. The van der Waals surface area contributed by atoms with Gasteiger partial charge in [-0.2, -0.15) is 5.10 Å². The Morgan fingerprint density at radius 2 is 2.17 bits per heavy atom. The van der Waals surface area contributed by atoms with Gasteiger partial charge < -0.3 is 15.4 Å². The van der Waals surface area contributed by atoms with Crippen LogP contribution in [0.3, 0.4) is 0 Å². The molecule has 124 valence electrons. The molecule has 2 heterocycles. The fourth-order valence-corrected chi connectivity index (χ4v) is 2.33. The van der Waals surface area contributed by atoms with Crippen LogP contribution < -0.4 is 20.9 Å². The molecule has 0 saturated heterocycles. The molecule has 0 unspecified atom stereocenters. The van der Waals surface area contributed by atoms with Crippen LogP contribution in [0.15, 0.2) is 29.2 Å². The maximum atomic E-state index is 12.1. The summed E-state index contributed by atoms with van der Waals surface area (Å²) in [5.74, 6) is -0.265. The quantitative estimate of drug-likeness (QED) is 0.854. The SMILES string of the molecule is O=C(Cn1ncc(Cl)c(Cl)c1=O)Nc1ccc2c(c1)NC(=O)CO2. The molecule has 2 aromatic rings. The summed E-state index contributed by atoms with van der Waals surface area (Å²) >= 11 is 11.4. The van der Waals surface area contributed by atoms with Crippen molar-refractivity contribution in [2.75, 3.05) is 17.2 Å². The van der Waals surface area contributed by atoms with Crippen molar-refractivity contribution in [1.29, 1.82) is 0 Å². The number of rotatable bonds is 3. The van der Waals surface area contributed by atoms with E-state index in [1.807, 2.05) is 0 Å². The largest absolute Gasteiger partial charge is 0.482 e. The third-order valence-electron chi connectivity index (χ3n) is 3.13. The van der Waals surface area contributed by atoms with Crippen molar-refractivity contribution in [3.8, 4) is 5.75 Å². The van der Waals surface area contributed by atoms with E-state index in [-0.39, 0.29) is 29.1 Å². The second kappa shape index (κ2) is 6.50. The van der Waals surface area contributed by atoms with Crippen LogP contribution in [0.25, 0.3) is 0 Å². The third-order valence-corrected chi connectivity index (χ3v) is 3.88. The zero-order valence-corrected chi connectivity index (χ0v) is 13.5. The van der Waals surface area contributed by atoms with Crippen molar-refractivity contribution in [3.63, 3.8) is 0 Å². The second-order valence-electron chi connectivity index (χ2n) is 4.87. The first kappa shape index (κ1) is 16.3. The standard InChI is InChI=1S/C14H10Cl2N4O4/c15-8-4-17-20(14(23)13(8)16)5-11(21)18-7-1-2-10-9(3-7)19-12(22)6-24-10/h1-4H,5-6H2,(H,18,21)(H,19,22). The molecule has 1 aliphatic rings. The summed E-state index contributed by atoms with van der Waals surface area (Å²) in [6, 6.07) is 4.78. The highest BCUT2D eigenvalue weighted by Crippen LogP contribution is 2.30. The Kier molecular flexibility index (Phi) is 4.41. The van der Waals surface area contributed by atoms with E-state index in [1.54, 1.807) is 18.2 Å². The Morgan fingerprint density at radius 3 is 2.96 bits per heavy atom. The van der Waals surface area contributed by atoms with Gasteiger partial charge in [0.25, 0.3) is 11.5 Å². The number of hydrogen-bond acceptors (Lipinski definition) is 5. The summed E-state index contributed by atoms with van der Waals surface area (Å²) in [7, 11) is 0. The number of nitrogens with one attached hydrogen (secondary N) is 2. The molecule has 0 aliphatic carbocycles. The lowest BCUT2D eigenvalue weighted by molar-refractivity contribution is -0.118. The van der Waals surface area contributed by atoms with Gasteiger partial charge in [0.15, 0.2) is 6.61 Å². The number of halogens is 2. The molecule has 0 atom stereocenters. The van der Waals surface area contributed by atoms with Crippen LogP contribution in [0.1, 0.15) is 0 Å². The summed E-state index contributed by atoms with van der Waals surface area (Å²) < 4.78 is 6.12. The summed E-state index contributed by atoms with van der Waals surface area (Å²) in [5, 5.41) is 8.79. The number of fused-ring (bicyclic) bond motifs is 1. The smallest absolute Gasteiger partial charge is 0.287 e. The Labute approximate surface area is 145 Å². The summed E-state index contributed by atoms with van der Waals surface area (Å²) in [5.41, 5.74) is 0.219. The van der Waals surface area contributed by atoms with Gasteiger partial charge in [0.1, 0.15) is 17.3 Å². The first-order valence-electron chi connectivity index (χ1n) is 6.71. The highest BCUT2D eigenvalue weighted by molar-refractivity contribution is 6.41. The van der Waals surface area contributed by atoms with Crippen molar-refractivity contribution < 1.29 is 14.3 Å². The van der Waals surface area contributed by atoms with Gasteiger partial charge in [-0.15, -0.1) is 0 Å². The number of nitrogens with zero attached hydrogens (tertiary/aromatic N) is 2. The topological polar surface area (TPSA) is 102 Å². The number of anilines is 2. The van der Waals surface area contributed by atoms with Gasteiger partial charge in [0.05, 0.1) is 16.9 Å². The van der Waals surface area contributed by atoms with Crippen LogP contribution >= 0.6 is 23.2 Å². The molecule has 1 aliphatic heterocycles. The first-order chi connectivity index (χ1) is 11.4. The van der Waals surface area contributed by atoms with E-state index in [2.05, 4.69) is 15.7 Å². The van der Waals surface area contributed by atoms with Gasteiger partial charge in [-0.25, -0.2) is 4.68 Å². The van der Waals surface area contributed by atoms with Crippen LogP contribution in [0.2, 0.25) is 10.0 Å². The van der Waals surface area contributed by atoms with E-state index < -0.39 is 11.5 Å². The average molecular weight is 369 g/mol. The summed E-state index contributed by atoms with van der Waals surface area (Å²) in [6.07, 6.45) is 1.18. The van der Waals surface area contributed by atoms with Crippen molar-refractivity contribution in [2.45, 2.75) is 6.54 Å². The van der Waals surface area contributed by atoms with E-state index in [0.717, 1.165) is 4.68 Å². The lowest BCUT2D eigenvalue weighted by Crippen LogP contribution is -2.30. The van der Waals surface area contributed by atoms with Gasteiger partial charge in [-0.05, 0) is 18.2 Å². The predicted molar refractivity (Wildman–Crippen MR) is 87.7 cm³/mol. The third kappa shape index (κ3) is 3.34. The molecule has 2 N–H and O–H groups in total. The van der Waals surface area contributed by atoms with Crippen LogP contribution in [-0.2, 0) is 16.1 Å². The molecular weight excluding hydrogens is 359 g/mol. The number of benzene rings is 1. The van der Waals surface area contributed by atoms with E-state index in [1.165, 1.54) is 6.20 Å². The van der Waals surface area contributed by atoms with Gasteiger partial charge in [-0.3, -0.25) is 14.4 Å². The molecule has 24 heavy (non-hydrogen) atoms. The van der Waals surface area contributed by atoms with E-state index in [4.69, 9.17) is 27.9 Å². The molecule has 0 saturated carbocycles. The fourth-order valence-electron chi connectivity index (χ4n) is 2.05. The second-order valence-corrected chi connectivity index (χ2v) is 5.65. The van der Waals surface area contributed by atoms with Crippen molar-refractivity contribution in [1.82, 2.24) is 9.78 Å². The lowest BCUT2D eigenvalue weighted by atomic mass is 10.2. The van der Waals surface area contributed by atoms with Crippen LogP contribution in [-0.4, -0.2) is 28.2 Å². The molecule has 0 fully saturated rings. The molecule has 0 spiro atoms. The summed E-state index contributed by atoms with van der Waals surface area (Å²) in [6.45, 7) is -0.389. The summed E-state index contributed by atoms with van der Waals surface area (Å²) in [4.78, 5) is 35.2. The van der Waals surface area contributed by atoms with Crippen molar-refractivity contribution in [2.24, 2.45) is 0 Å². The molecule has 8 nitrogen and oxygen atoms in total. The first-order valence-corrected chi connectivity index (χ1v) is 7.47. The van der Waals surface area contributed by atoms with Crippen LogP contribution in [0.5, 0.6) is 5.75 Å². The lowest BCUT2D eigenvalue weighted by Gasteiger charge is -2.18. The Morgan fingerprint density at radius 1 is 1.38 bits per heavy atom. The zero-order valence-electron chi connectivity index (χ0n) is 12.0. The zero-order chi connectivity index (χ0) is 17.3. The van der Waals surface area contributed by atoms with Gasteiger partial charge in [0.2, 0.25) is 5.91 Å². The monoisotopic (exact) mass is 368 g/mol. The molecular formula is C14H10Cl2N4O4. The average Bonchev–Trinajstić information content (AvgIpc) is 2.55. The maximum Gasteiger partial charge on any atom is 0.287 e. The molecule has 1 aromatic carbocycles. The Hall–Kier alpha value is -2.58. The van der Waals surface area contributed by atoms with E-state index >= 15 is 0 Å². The normalized spacial score (nSPS) is 12.8. The molecule has 2 amide bonds. The highest BCUT2D eigenvalue weighted by Gasteiger charge is 2.17. The van der Waals surface area contributed by atoms with E-state index in [9.17, 15) is 14.4 Å². The van der Waals surface area contributed by atoms with Gasteiger partial charge in [-0.1, -0.05) is 23.2 Å².